The average Bonchev–Trinajstić information content (AvgIpc) is 3.22. The number of furan rings is 1. The van der Waals surface area contributed by atoms with Gasteiger partial charge in [0.1, 0.15) is 16.9 Å². The Morgan fingerprint density at radius 3 is 2.43 bits per heavy atom. The van der Waals surface area contributed by atoms with Crippen molar-refractivity contribution >= 4 is 39.9 Å². The van der Waals surface area contributed by atoms with Crippen molar-refractivity contribution < 1.29 is 18.5 Å². The van der Waals surface area contributed by atoms with Crippen molar-refractivity contribution in [1.29, 1.82) is 0 Å². The van der Waals surface area contributed by atoms with Crippen molar-refractivity contribution in [1.82, 2.24) is 5.16 Å². The van der Waals surface area contributed by atoms with Gasteiger partial charge in [-0.2, -0.15) is 0 Å². The number of amides is 1. The van der Waals surface area contributed by atoms with Crippen LogP contribution in [0.3, 0.4) is 0 Å². The zero-order valence-corrected chi connectivity index (χ0v) is 15.8. The first-order chi connectivity index (χ1) is 13.5. The molecule has 0 unspecified atom stereocenters. The molecule has 4 aromatic rings. The van der Waals surface area contributed by atoms with Crippen LogP contribution in [-0.4, -0.2) is 16.8 Å². The minimum absolute atomic E-state index is 0.0450. The number of rotatable bonds is 4. The fraction of sp³-hybridized carbons (Fsp3) is 0.0952. The lowest BCUT2D eigenvalue weighted by Crippen LogP contribution is -2.15. The Hall–Kier alpha value is -3.38. The van der Waals surface area contributed by atoms with E-state index in [1.165, 1.54) is 0 Å². The lowest BCUT2D eigenvalue weighted by Gasteiger charge is -2.06. The van der Waals surface area contributed by atoms with Crippen molar-refractivity contribution in [2.75, 3.05) is 5.32 Å². The molecule has 0 bridgehead atoms. The van der Waals surface area contributed by atoms with Gasteiger partial charge in [-0.3, -0.25) is 9.59 Å². The smallest absolute Gasteiger partial charge is 0.261 e. The Morgan fingerprint density at radius 1 is 1.04 bits per heavy atom. The van der Waals surface area contributed by atoms with Crippen molar-refractivity contribution in [3.05, 3.63) is 81.9 Å². The summed E-state index contributed by atoms with van der Waals surface area (Å²) in [7, 11) is 0. The van der Waals surface area contributed by atoms with Crippen LogP contribution in [0.5, 0.6) is 0 Å². The molecule has 0 radical (unpaired) electrons. The van der Waals surface area contributed by atoms with Crippen LogP contribution in [0, 0.1) is 13.8 Å². The van der Waals surface area contributed by atoms with Crippen molar-refractivity contribution in [3.63, 3.8) is 0 Å². The van der Waals surface area contributed by atoms with Crippen LogP contribution in [0.2, 0.25) is 5.02 Å². The minimum atomic E-state index is -0.423. The molecule has 2 heterocycles. The summed E-state index contributed by atoms with van der Waals surface area (Å²) >= 11 is 5.91. The SMILES string of the molecule is Cc1noc(C)c1C(=O)Nc1c(C(=O)c2ccc(Cl)cc2)oc2ccccc12. The number of carbonyl (C=O) groups is 2. The van der Waals surface area contributed by atoms with E-state index in [2.05, 4.69) is 10.5 Å². The molecule has 140 valence electrons. The molecule has 0 saturated carbocycles. The second kappa shape index (κ2) is 6.98. The molecule has 0 atom stereocenters. The summed E-state index contributed by atoms with van der Waals surface area (Å²) in [6.07, 6.45) is 0. The first-order valence-corrected chi connectivity index (χ1v) is 8.89. The van der Waals surface area contributed by atoms with Crippen LogP contribution >= 0.6 is 11.6 Å². The monoisotopic (exact) mass is 394 g/mol. The van der Waals surface area contributed by atoms with E-state index >= 15 is 0 Å². The van der Waals surface area contributed by atoms with Gasteiger partial charge in [-0.25, -0.2) is 0 Å². The van der Waals surface area contributed by atoms with Crippen molar-refractivity contribution in [2.45, 2.75) is 13.8 Å². The van der Waals surface area contributed by atoms with Crippen molar-refractivity contribution in [2.24, 2.45) is 0 Å². The highest BCUT2D eigenvalue weighted by atomic mass is 35.5. The maximum absolute atomic E-state index is 13.0. The fourth-order valence-corrected chi connectivity index (χ4v) is 3.17. The Bertz CT molecular complexity index is 1190. The third-order valence-corrected chi connectivity index (χ3v) is 4.66. The Morgan fingerprint density at radius 2 is 1.75 bits per heavy atom. The fourth-order valence-electron chi connectivity index (χ4n) is 3.05. The highest BCUT2D eigenvalue weighted by Crippen LogP contribution is 2.33. The standard InChI is InChI=1S/C21H15ClN2O4/c1-11-17(12(2)28-24-11)21(26)23-18-15-5-3-4-6-16(15)27-20(18)19(25)13-7-9-14(22)10-8-13/h3-10H,1-2H3,(H,23,26). The number of para-hydroxylation sites is 1. The number of carbonyl (C=O) groups excluding carboxylic acids is 2. The van der Waals surface area contributed by atoms with E-state index in [0.29, 0.717) is 44.3 Å². The summed E-state index contributed by atoms with van der Waals surface area (Å²) in [5.74, 6) is -0.341. The normalized spacial score (nSPS) is 11.0. The van der Waals surface area contributed by atoms with Crippen LogP contribution in [0.1, 0.15) is 37.9 Å². The Balaban J connectivity index is 1.80. The van der Waals surface area contributed by atoms with Gasteiger partial charge in [-0.1, -0.05) is 28.9 Å². The zero-order valence-electron chi connectivity index (χ0n) is 15.1. The number of ketones is 1. The summed E-state index contributed by atoms with van der Waals surface area (Å²) < 4.78 is 10.9. The van der Waals surface area contributed by atoms with E-state index in [-0.39, 0.29) is 11.5 Å². The lowest BCUT2D eigenvalue weighted by atomic mass is 10.1. The Kier molecular flexibility index (Phi) is 4.49. The quantitative estimate of drug-likeness (QED) is 0.482. The van der Waals surface area contributed by atoms with Gasteiger partial charge < -0.3 is 14.3 Å². The first kappa shape index (κ1) is 18.0. The topological polar surface area (TPSA) is 85.3 Å². The summed E-state index contributed by atoms with van der Waals surface area (Å²) in [5, 5.41) is 7.75. The number of hydrogen-bond acceptors (Lipinski definition) is 5. The number of nitrogens with one attached hydrogen (secondary N) is 1. The molecule has 4 rings (SSSR count). The van der Waals surface area contributed by atoms with E-state index in [9.17, 15) is 9.59 Å². The van der Waals surface area contributed by atoms with E-state index in [0.717, 1.165) is 0 Å². The van der Waals surface area contributed by atoms with Crippen LogP contribution in [0.4, 0.5) is 5.69 Å². The van der Waals surface area contributed by atoms with Gasteiger partial charge in [0.15, 0.2) is 5.76 Å². The molecule has 0 aliphatic rings. The lowest BCUT2D eigenvalue weighted by molar-refractivity contribution is 0.101. The molecule has 6 nitrogen and oxygen atoms in total. The predicted octanol–water partition coefficient (Wildman–Crippen LogP) is 5.17. The number of aromatic nitrogens is 1. The molecule has 28 heavy (non-hydrogen) atoms. The highest BCUT2D eigenvalue weighted by molar-refractivity contribution is 6.30. The second-order valence-electron chi connectivity index (χ2n) is 6.29. The number of halogens is 1. The third kappa shape index (κ3) is 3.08. The summed E-state index contributed by atoms with van der Waals surface area (Å²) in [4.78, 5) is 25.9. The van der Waals surface area contributed by atoms with Crippen LogP contribution in [0.25, 0.3) is 11.0 Å². The number of hydrogen-bond donors (Lipinski definition) is 1. The van der Waals surface area contributed by atoms with Gasteiger partial charge in [-0.15, -0.1) is 0 Å². The molecule has 1 N–H and O–H groups in total. The summed E-state index contributed by atoms with van der Waals surface area (Å²) in [6, 6.07) is 13.6. The minimum Gasteiger partial charge on any atom is -0.450 e. The molecule has 0 fully saturated rings. The molecule has 1 amide bonds. The number of aryl methyl sites for hydroxylation is 2. The van der Waals surface area contributed by atoms with E-state index < -0.39 is 5.91 Å². The average molecular weight is 395 g/mol. The summed E-state index contributed by atoms with van der Waals surface area (Å²) in [5.41, 5.74) is 1.99. The molecular weight excluding hydrogens is 380 g/mol. The molecule has 7 heteroatoms. The van der Waals surface area contributed by atoms with E-state index in [4.69, 9.17) is 20.5 Å². The molecule has 0 spiro atoms. The second-order valence-corrected chi connectivity index (χ2v) is 6.73. The van der Waals surface area contributed by atoms with Crippen LogP contribution < -0.4 is 5.32 Å². The summed E-state index contributed by atoms with van der Waals surface area (Å²) in [6.45, 7) is 3.33. The Labute approximate surface area is 165 Å². The largest absolute Gasteiger partial charge is 0.450 e. The van der Waals surface area contributed by atoms with E-state index in [1.54, 1.807) is 62.4 Å². The maximum atomic E-state index is 13.0. The number of benzene rings is 2. The maximum Gasteiger partial charge on any atom is 0.261 e. The number of nitrogens with zero attached hydrogens (tertiary/aromatic N) is 1. The molecule has 0 saturated heterocycles. The third-order valence-electron chi connectivity index (χ3n) is 4.41. The molecule has 0 aliphatic heterocycles. The van der Waals surface area contributed by atoms with Crippen LogP contribution in [-0.2, 0) is 0 Å². The van der Waals surface area contributed by atoms with E-state index in [1.807, 2.05) is 0 Å². The van der Waals surface area contributed by atoms with Gasteiger partial charge in [0, 0.05) is 16.0 Å². The molecule has 2 aromatic carbocycles. The van der Waals surface area contributed by atoms with Crippen LogP contribution in [0.15, 0.2) is 57.5 Å². The van der Waals surface area contributed by atoms with Gasteiger partial charge in [0.2, 0.25) is 5.78 Å². The highest BCUT2D eigenvalue weighted by Gasteiger charge is 2.25. The molecule has 0 aliphatic carbocycles. The number of anilines is 1. The van der Waals surface area contributed by atoms with Gasteiger partial charge >= 0.3 is 0 Å². The molecular formula is C21H15ClN2O4. The van der Waals surface area contributed by atoms with Gasteiger partial charge in [-0.05, 0) is 50.2 Å². The number of fused-ring (bicyclic) bond motifs is 1. The van der Waals surface area contributed by atoms with Gasteiger partial charge in [0.05, 0.1) is 11.4 Å². The van der Waals surface area contributed by atoms with Crippen molar-refractivity contribution in [3.8, 4) is 0 Å². The first-order valence-electron chi connectivity index (χ1n) is 8.51. The predicted molar refractivity (Wildman–Crippen MR) is 105 cm³/mol. The zero-order chi connectivity index (χ0) is 19.8. The van der Waals surface area contributed by atoms with Gasteiger partial charge in [0.25, 0.3) is 5.91 Å². The molecule has 2 aromatic heterocycles.